The average Bonchev–Trinajstić information content (AvgIpc) is 2.62. The lowest BCUT2D eigenvalue weighted by atomic mass is 9.97. The number of rotatable bonds is 7. The largest absolute Gasteiger partial charge is 0.369 e. The molecule has 1 heterocycles. The van der Waals surface area contributed by atoms with Gasteiger partial charge in [0, 0.05) is 31.7 Å². The first-order chi connectivity index (χ1) is 12.1. The summed E-state index contributed by atoms with van der Waals surface area (Å²) < 4.78 is 0. The van der Waals surface area contributed by atoms with Crippen molar-refractivity contribution in [2.24, 2.45) is 16.6 Å². The van der Waals surface area contributed by atoms with E-state index in [1.54, 1.807) is 7.05 Å². The van der Waals surface area contributed by atoms with Gasteiger partial charge in [0.25, 0.3) is 0 Å². The van der Waals surface area contributed by atoms with Crippen molar-refractivity contribution in [3.05, 3.63) is 34.9 Å². The molecule has 1 amide bonds. The van der Waals surface area contributed by atoms with Crippen molar-refractivity contribution < 1.29 is 4.79 Å². The molecule has 1 aromatic rings. The standard InChI is InChI=1S/C18H28ClN5O/c1-21-18(23-12-14-6-2-3-8-16(14)19)22-9-5-11-24-10-4-7-15(13-24)17(20)25/h2-3,6,8,15H,4-5,7,9-13H2,1H3,(H2,20,25)(H2,21,22,23). The quantitative estimate of drug-likeness (QED) is 0.389. The maximum absolute atomic E-state index is 11.3. The van der Waals surface area contributed by atoms with Gasteiger partial charge < -0.3 is 21.3 Å². The van der Waals surface area contributed by atoms with Crippen molar-refractivity contribution in [3.63, 3.8) is 0 Å². The third kappa shape index (κ3) is 6.55. The van der Waals surface area contributed by atoms with Crippen LogP contribution >= 0.6 is 11.6 Å². The number of benzene rings is 1. The van der Waals surface area contributed by atoms with Crippen LogP contribution in [0.25, 0.3) is 0 Å². The number of halogens is 1. The summed E-state index contributed by atoms with van der Waals surface area (Å²) in [5, 5.41) is 7.33. The fraction of sp³-hybridized carbons (Fsp3) is 0.556. The van der Waals surface area contributed by atoms with E-state index in [9.17, 15) is 4.79 Å². The number of hydrogen-bond donors (Lipinski definition) is 3. The zero-order valence-corrected chi connectivity index (χ0v) is 15.6. The van der Waals surface area contributed by atoms with Crippen LogP contribution in [0.3, 0.4) is 0 Å². The van der Waals surface area contributed by atoms with Crippen molar-refractivity contribution in [1.82, 2.24) is 15.5 Å². The van der Waals surface area contributed by atoms with E-state index in [4.69, 9.17) is 17.3 Å². The SMILES string of the molecule is CN=C(NCCCN1CCCC(C(N)=O)C1)NCc1ccccc1Cl. The summed E-state index contributed by atoms with van der Waals surface area (Å²) in [6.07, 6.45) is 2.95. The van der Waals surface area contributed by atoms with Gasteiger partial charge >= 0.3 is 0 Å². The number of nitrogens with zero attached hydrogens (tertiary/aromatic N) is 2. The van der Waals surface area contributed by atoms with Crippen LogP contribution in [0.15, 0.2) is 29.3 Å². The predicted octanol–water partition coefficient (Wildman–Crippen LogP) is 1.59. The molecule has 1 unspecified atom stereocenters. The Morgan fingerprint density at radius 1 is 1.40 bits per heavy atom. The van der Waals surface area contributed by atoms with Crippen LogP contribution in [0.2, 0.25) is 5.02 Å². The highest BCUT2D eigenvalue weighted by Gasteiger charge is 2.23. The Balaban J connectivity index is 1.66. The second kappa shape index (κ2) is 10.3. The van der Waals surface area contributed by atoms with Crippen molar-refractivity contribution >= 4 is 23.5 Å². The zero-order chi connectivity index (χ0) is 18.1. The van der Waals surface area contributed by atoms with Crippen molar-refractivity contribution in [2.75, 3.05) is 33.2 Å². The number of aliphatic imine (C=N–C) groups is 1. The summed E-state index contributed by atoms with van der Waals surface area (Å²) in [7, 11) is 1.75. The Morgan fingerprint density at radius 3 is 2.92 bits per heavy atom. The molecule has 4 N–H and O–H groups in total. The number of carbonyl (C=O) groups excluding carboxylic acids is 1. The third-order valence-electron chi connectivity index (χ3n) is 4.48. The van der Waals surface area contributed by atoms with E-state index in [-0.39, 0.29) is 11.8 Å². The molecule has 0 aliphatic carbocycles. The number of piperidine rings is 1. The molecule has 1 fully saturated rings. The Hall–Kier alpha value is -1.79. The lowest BCUT2D eigenvalue weighted by molar-refractivity contribution is -0.123. The highest BCUT2D eigenvalue weighted by Crippen LogP contribution is 2.16. The molecule has 1 saturated heterocycles. The van der Waals surface area contributed by atoms with Gasteiger partial charge in [0.2, 0.25) is 5.91 Å². The van der Waals surface area contributed by atoms with E-state index < -0.39 is 0 Å². The van der Waals surface area contributed by atoms with Crippen LogP contribution in [0.4, 0.5) is 0 Å². The molecule has 1 aliphatic heterocycles. The molecule has 1 atom stereocenters. The predicted molar refractivity (Wildman–Crippen MR) is 103 cm³/mol. The van der Waals surface area contributed by atoms with Gasteiger partial charge in [0.15, 0.2) is 5.96 Å². The molecule has 0 spiro atoms. The van der Waals surface area contributed by atoms with E-state index in [0.29, 0.717) is 6.54 Å². The molecule has 1 aromatic carbocycles. The minimum atomic E-state index is -0.174. The second-order valence-electron chi connectivity index (χ2n) is 6.34. The van der Waals surface area contributed by atoms with Gasteiger partial charge in [-0.3, -0.25) is 9.79 Å². The first-order valence-corrected chi connectivity index (χ1v) is 9.17. The van der Waals surface area contributed by atoms with Crippen molar-refractivity contribution in [1.29, 1.82) is 0 Å². The number of amides is 1. The Morgan fingerprint density at radius 2 is 2.20 bits per heavy atom. The Kier molecular flexibility index (Phi) is 8.01. The second-order valence-corrected chi connectivity index (χ2v) is 6.75. The normalized spacial score (nSPS) is 18.8. The zero-order valence-electron chi connectivity index (χ0n) is 14.8. The van der Waals surface area contributed by atoms with Gasteiger partial charge in [-0.15, -0.1) is 0 Å². The number of hydrogen-bond acceptors (Lipinski definition) is 3. The number of carbonyl (C=O) groups is 1. The minimum absolute atomic E-state index is 0.00626. The lowest BCUT2D eigenvalue weighted by Gasteiger charge is -2.31. The molecule has 0 bridgehead atoms. The van der Waals surface area contributed by atoms with Crippen LogP contribution in [0.1, 0.15) is 24.8 Å². The summed E-state index contributed by atoms with van der Waals surface area (Å²) in [6.45, 7) is 4.24. The number of likely N-dealkylation sites (tertiary alicyclic amines) is 1. The highest BCUT2D eigenvalue weighted by molar-refractivity contribution is 6.31. The van der Waals surface area contributed by atoms with Crippen LogP contribution in [0.5, 0.6) is 0 Å². The molecule has 7 heteroatoms. The van der Waals surface area contributed by atoms with E-state index in [0.717, 1.165) is 62.0 Å². The monoisotopic (exact) mass is 365 g/mol. The van der Waals surface area contributed by atoms with Crippen LogP contribution in [-0.4, -0.2) is 50.0 Å². The molecular formula is C18H28ClN5O. The molecular weight excluding hydrogens is 338 g/mol. The fourth-order valence-corrected chi connectivity index (χ4v) is 3.24. The fourth-order valence-electron chi connectivity index (χ4n) is 3.04. The highest BCUT2D eigenvalue weighted by atomic mass is 35.5. The van der Waals surface area contributed by atoms with E-state index >= 15 is 0 Å². The first kappa shape index (κ1) is 19.5. The van der Waals surface area contributed by atoms with E-state index in [2.05, 4.69) is 20.5 Å². The van der Waals surface area contributed by atoms with Crippen molar-refractivity contribution in [3.8, 4) is 0 Å². The Bertz CT molecular complexity index is 593. The number of nitrogens with two attached hydrogens (primary N) is 1. The third-order valence-corrected chi connectivity index (χ3v) is 4.85. The van der Waals surface area contributed by atoms with Crippen LogP contribution in [-0.2, 0) is 11.3 Å². The molecule has 2 rings (SSSR count). The summed E-state index contributed by atoms with van der Waals surface area (Å²) in [5.74, 6) is 0.590. The molecule has 25 heavy (non-hydrogen) atoms. The Labute approximate surface area is 154 Å². The number of nitrogens with one attached hydrogen (secondary N) is 2. The average molecular weight is 366 g/mol. The van der Waals surface area contributed by atoms with Gasteiger partial charge in [-0.2, -0.15) is 0 Å². The lowest BCUT2D eigenvalue weighted by Crippen LogP contribution is -2.42. The molecule has 0 aromatic heterocycles. The number of guanidine groups is 1. The van der Waals surface area contributed by atoms with Crippen LogP contribution < -0.4 is 16.4 Å². The topological polar surface area (TPSA) is 82.8 Å². The smallest absolute Gasteiger partial charge is 0.221 e. The maximum Gasteiger partial charge on any atom is 0.221 e. The van der Waals surface area contributed by atoms with Gasteiger partial charge in [-0.1, -0.05) is 29.8 Å². The van der Waals surface area contributed by atoms with Crippen LogP contribution in [0, 0.1) is 5.92 Å². The molecule has 138 valence electrons. The van der Waals surface area contributed by atoms with Crippen molar-refractivity contribution in [2.45, 2.75) is 25.8 Å². The van der Waals surface area contributed by atoms with E-state index in [1.165, 1.54) is 0 Å². The van der Waals surface area contributed by atoms with Gasteiger partial charge in [-0.05, 0) is 44.0 Å². The van der Waals surface area contributed by atoms with Gasteiger partial charge in [-0.25, -0.2) is 0 Å². The van der Waals surface area contributed by atoms with Gasteiger partial charge in [0.05, 0.1) is 5.92 Å². The minimum Gasteiger partial charge on any atom is -0.369 e. The van der Waals surface area contributed by atoms with E-state index in [1.807, 2.05) is 24.3 Å². The molecule has 0 saturated carbocycles. The number of primary amides is 1. The summed E-state index contributed by atoms with van der Waals surface area (Å²) in [4.78, 5) is 17.9. The molecule has 0 radical (unpaired) electrons. The first-order valence-electron chi connectivity index (χ1n) is 8.79. The summed E-state index contributed by atoms with van der Waals surface area (Å²) >= 11 is 6.16. The maximum atomic E-state index is 11.3. The summed E-state index contributed by atoms with van der Waals surface area (Å²) in [5.41, 5.74) is 6.46. The van der Waals surface area contributed by atoms with Gasteiger partial charge in [0.1, 0.15) is 0 Å². The summed E-state index contributed by atoms with van der Waals surface area (Å²) in [6, 6.07) is 7.76. The molecule has 1 aliphatic rings. The molecule has 6 nitrogen and oxygen atoms in total.